The van der Waals surface area contributed by atoms with Gasteiger partial charge in [0.05, 0.1) is 0 Å². The molecule has 0 N–H and O–H groups in total. The van der Waals surface area contributed by atoms with Gasteiger partial charge in [-0.2, -0.15) is 0 Å². The zero-order valence-electron chi connectivity index (χ0n) is 13.6. The zero-order chi connectivity index (χ0) is 14.4. The van der Waals surface area contributed by atoms with Crippen LogP contribution in [0.1, 0.15) is 59.3 Å². The minimum atomic E-state index is -2.02. The van der Waals surface area contributed by atoms with E-state index < -0.39 is 18.4 Å². The van der Waals surface area contributed by atoms with Gasteiger partial charge in [0.15, 0.2) is 0 Å². The molecule has 0 bridgehead atoms. The van der Waals surface area contributed by atoms with Crippen LogP contribution in [-0.2, 0) is 4.74 Å². The van der Waals surface area contributed by atoms with Gasteiger partial charge in [0.25, 0.3) is 0 Å². The van der Waals surface area contributed by atoms with Crippen LogP contribution in [0.25, 0.3) is 0 Å². The molecule has 1 nitrogen and oxygen atoms in total. The number of methoxy groups -OCH3 is 1. The number of rotatable bonds is 12. The van der Waals surface area contributed by atoms with E-state index in [0.717, 1.165) is 0 Å². The average Bonchev–Trinajstić information content (AvgIpc) is 2.44. The summed E-state index contributed by atoms with van der Waals surface area (Å²) in [6, 6.07) is 0. The van der Waals surface area contributed by atoms with Crippen molar-refractivity contribution in [3.63, 3.8) is 0 Å². The Hall–Kier alpha value is 0.0787. The Morgan fingerprint density at radius 3 is 1.63 bits per heavy atom. The van der Waals surface area contributed by atoms with Crippen molar-refractivity contribution in [3.8, 4) is 0 Å². The Kier molecular flexibility index (Phi) is 13.1. The van der Waals surface area contributed by atoms with E-state index >= 15 is 0 Å². The van der Waals surface area contributed by atoms with Crippen LogP contribution < -0.4 is 0 Å². The summed E-state index contributed by atoms with van der Waals surface area (Å²) in [5.41, 5.74) is 0. The number of unbranched alkanes of at least 4 members (excludes halogenated alkanes) is 3. The van der Waals surface area contributed by atoms with Crippen LogP contribution >= 0.6 is 0 Å². The summed E-state index contributed by atoms with van der Waals surface area (Å²) < 4.78 is 12.3. The first-order valence-electron chi connectivity index (χ1n) is 8.11. The minimum absolute atomic E-state index is 1.35. The predicted octanol–water partition coefficient (Wildman–Crippen LogP) is 6.09. The van der Waals surface area contributed by atoms with E-state index in [0.29, 0.717) is 0 Å². The molecule has 0 amide bonds. The molecule has 0 unspecified atom stereocenters. The SMILES string of the molecule is CCC[CH2][Sn](/[CH]=C/C=C/OC)([CH2]CCC)[CH2]CCC. The van der Waals surface area contributed by atoms with Crippen LogP contribution in [0.2, 0.25) is 13.3 Å². The molecule has 0 aliphatic carbocycles. The van der Waals surface area contributed by atoms with Crippen molar-refractivity contribution < 1.29 is 4.74 Å². The molecule has 0 aromatic heterocycles. The van der Waals surface area contributed by atoms with Gasteiger partial charge < -0.3 is 0 Å². The summed E-state index contributed by atoms with van der Waals surface area (Å²) in [7, 11) is 1.71. The second kappa shape index (κ2) is 13.1. The summed E-state index contributed by atoms with van der Waals surface area (Å²) in [6.45, 7) is 6.97. The van der Waals surface area contributed by atoms with Crippen LogP contribution in [0.5, 0.6) is 0 Å². The van der Waals surface area contributed by atoms with Crippen molar-refractivity contribution in [1.29, 1.82) is 0 Å². The fraction of sp³-hybridized carbons (Fsp3) is 0.765. The van der Waals surface area contributed by atoms with Gasteiger partial charge in [-0.1, -0.05) is 0 Å². The van der Waals surface area contributed by atoms with Crippen molar-refractivity contribution >= 4 is 18.4 Å². The molecular formula is C17H34OSn. The molecule has 0 atom stereocenters. The van der Waals surface area contributed by atoms with E-state index in [-0.39, 0.29) is 0 Å². The van der Waals surface area contributed by atoms with E-state index in [4.69, 9.17) is 4.74 Å². The molecule has 0 heterocycles. The van der Waals surface area contributed by atoms with E-state index in [2.05, 4.69) is 37.0 Å². The van der Waals surface area contributed by atoms with Crippen LogP contribution in [-0.4, -0.2) is 25.5 Å². The molecule has 0 aromatic rings. The summed E-state index contributed by atoms with van der Waals surface area (Å²) in [4.78, 5) is 0. The molecule has 0 aliphatic rings. The van der Waals surface area contributed by atoms with Gasteiger partial charge in [-0.3, -0.25) is 0 Å². The molecule has 19 heavy (non-hydrogen) atoms. The van der Waals surface area contributed by atoms with Gasteiger partial charge in [0.2, 0.25) is 0 Å². The van der Waals surface area contributed by atoms with E-state index in [1.807, 2.05) is 0 Å². The number of allylic oxidation sites excluding steroid dienone is 2. The molecule has 0 aromatic carbocycles. The Morgan fingerprint density at radius 1 is 0.789 bits per heavy atom. The quantitative estimate of drug-likeness (QED) is 0.229. The number of ether oxygens (including phenoxy) is 1. The average molecular weight is 373 g/mol. The standard InChI is InChI=1S/C5H7O.3C4H9.Sn/c1-3-4-5-6-2;3*1-3-4-2;/h1,3-5H,2H3;3*1,3-4H2,2H3;/b3-1?,5-4+;;;;. The monoisotopic (exact) mass is 374 g/mol. The zero-order valence-corrected chi connectivity index (χ0v) is 16.4. The number of hydrogen-bond donors (Lipinski definition) is 0. The van der Waals surface area contributed by atoms with Gasteiger partial charge >= 0.3 is 125 Å². The van der Waals surface area contributed by atoms with Crippen LogP contribution in [0, 0.1) is 0 Å². The van der Waals surface area contributed by atoms with Crippen molar-refractivity contribution in [1.82, 2.24) is 0 Å². The van der Waals surface area contributed by atoms with Gasteiger partial charge in [0.1, 0.15) is 0 Å². The first kappa shape index (κ1) is 19.1. The molecule has 0 rings (SSSR count). The van der Waals surface area contributed by atoms with E-state index in [1.165, 1.54) is 38.5 Å². The fourth-order valence-electron chi connectivity index (χ4n) is 2.60. The second-order valence-corrected chi connectivity index (χ2v) is 18.6. The van der Waals surface area contributed by atoms with Crippen LogP contribution in [0.4, 0.5) is 0 Å². The normalized spacial score (nSPS) is 12.6. The molecule has 0 fully saturated rings. The first-order valence-corrected chi connectivity index (χ1v) is 15.8. The van der Waals surface area contributed by atoms with Gasteiger partial charge in [0, 0.05) is 0 Å². The second-order valence-electron chi connectivity index (χ2n) is 5.60. The third kappa shape index (κ3) is 9.59. The summed E-state index contributed by atoms with van der Waals surface area (Å²) >= 11 is -2.02. The van der Waals surface area contributed by atoms with Crippen molar-refractivity contribution in [2.75, 3.05) is 7.11 Å². The molecule has 2 heteroatoms. The van der Waals surface area contributed by atoms with Gasteiger partial charge in [-0.25, -0.2) is 0 Å². The van der Waals surface area contributed by atoms with Crippen LogP contribution in [0.15, 0.2) is 22.5 Å². The maximum absolute atomic E-state index is 4.99. The van der Waals surface area contributed by atoms with E-state index in [1.54, 1.807) is 26.7 Å². The molecule has 0 radical (unpaired) electrons. The summed E-state index contributed by atoms with van der Waals surface area (Å²) in [5, 5.41) is 0. The van der Waals surface area contributed by atoms with Crippen molar-refractivity contribution in [3.05, 3.63) is 22.5 Å². The predicted molar refractivity (Wildman–Crippen MR) is 90.2 cm³/mol. The summed E-state index contributed by atoms with van der Waals surface area (Å²) in [5.74, 6) is 0. The Morgan fingerprint density at radius 2 is 1.26 bits per heavy atom. The van der Waals surface area contributed by atoms with E-state index in [9.17, 15) is 0 Å². The van der Waals surface area contributed by atoms with Gasteiger partial charge in [-0.15, -0.1) is 0 Å². The molecular weight excluding hydrogens is 339 g/mol. The first-order chi connectivity index (χ1) is 9.24. The number of hydrogen-bond acceptors (Lipinski definition) is 1. The van der Waals surface area contributed by atoms with Gasteiger partial charge in [-0.05, 0) is 0 Å². The maximum atomic E-state index is 4.99. The Labute approximate surface area is 125 Å². The molecule has 0 spiro atoms. The molecule has 112 valence electrons. The molecule has 0 aliphatic heterocycles. The third-order valence-corrected chi connectivity index (χ3v) is 18.0. The Balaban J connectivity index is 4.75. The van der Waals surface area contributed by atoms with Crippen LogP contribution in [0.3, 0.4) is 0 Å². The van der Waals surface area contributed by atoms with Crippen molar-refractivity contribution in [2.24, 2.45) is 0 Å². The topological polar surface area (TPSA) is 9.23 Å². The molecule has 0 saturated carbocycles. The Bertz CT molecular complexity index is 224. The molecule has 0 saturated heterocycles. The summed E-state index contributed by atoms with van der Waals surface area (Å²) in [6.07, 6.45) is 14.5. The third-order valence-electron chi connectivity index (χ3n) is 3.86. The fourth-order valence-corrected chi connectivity index (χ4v) is 16.7. The van der Waals surface area contributed by atoms with Crippen molar-refractivity contribution in [2.45, 2.75) is 72.6 Å².